The summed E-state index contributed by atoms with van der Waals surface area (Å²) in [5, 5.41) is 0. The van der Waals surface area contributed by atoms with E-state index in [2.05, 4.69) is 26.8 Å². The summed E-state index contributed by atoms with van der Waals surface area (Å²) >= 11 is 1.52. The van der Waals surface area contributed by atoms with Crippen LogP contribution in [0.1, 0.15) is 29.4 Å². The molecule has 0 radical (unpaired) electrons. The van der Waals surface area contributed by atoms with E-state index in [4.69, 9.17) is 0 Å². The van der Waals surface area contributed by atoms with Crippen LogP contribution in [0.3, 0.4) is 0 Å². The van der Waals surface area contributed by atoms with Gasteiger partial charge in [0.15, 0.2) is 0 Å². The van der Waals surface area contributed by atoms with Crippen LogP contribution in [-0.4, -0.2) is 64.5 Å². The molecule has 7 nitrogen and oxygen atoms in total. The molecule has 9 heteroatoms. The highest BCUT2D eigenvalue weighted by molar-refractivity contribution is 7.89. The zero-order chi connectivity index (χ0) is 17.2. The summed E-state index contributed by atoms with van der Waals surface area (Å²) in [5.41, 5.74) is 2.70. The van der Waals surface area contributed by atoms with Crippen LogP contribution in [0, 0.1) is 6.92 Å². The first-order valence-electron chi connectivity index (χ1n) is 8.11. The Morgan fingerprint density at radius 1 is 1.38 bits per heavy atom. The topological polar surface area (TPSA) is 82.2 Å². The number of sulfonamides is 1. The summed E-state index contributed by atoms with van der Waals surface area (Å²) in [6.45, 7) is 6.60. The van der Waals surface area contributed by atoms with Crippen molar-refractivity contribution in [3.63, 3.8) is 0 Å². The first kappa shape index (κ1) is 17.5. The van der Waals surface area contributed by atoms with Gasteiger partial charge in [-0.1, -0.05) is 6.92 Å². The number of rotatable bonds is 6. The number of thiazole rings is 1. The van der Waals surface area contributed by atoms with E-state index in [9.17, 15) is 8.42 Å². The molecule has 1 aliphatic heterocycles. The lowest BCUT2D eigenvalue weighted by molar-refractivity contribution is 0.119. The quantitative estimate of drug-likeness (QED) is 0.833. The summed E-state index contributed by atoms with van der Waals surface area (Å²) in [6, 6.07) is -0.0151. The molecule has 24 heavy (non-hydrogen) atoms. The summed E-state index contributed by atoms with van der Waals surface area (Å²) in [6.07, 6.45) is 4.02. The highest BCUT2D eigenvalue weighted by atomic mass is 32.2. The fraction of sp³-hybridized carbons (Fsp3) is 0.600. The highest BCUT2D eigenvalue weighted by Crippen LogP contribution is 2.25. The standard InChI is InChI=1S/C15H23N5O2S2/c1-3-19-7-8-20(10-13(19)15-16-5-6-17-15)24(21,22)9-4-14-12(2)18-11-23-14/h5-6,11,13H,3-4,7-10H2,1-2H3,(H,16,17)/t13-/m0/s1. The van der Waals surface area contributed by atoms with Crippen molar-refractivity contribution in [2.24, 2.45) is 0 Å². The second kappa shape index (κ2) is 7.30. The minimum Gasteiger partial charge on any atom is -0.347 e. The van der Waals surface area contributed by atoms with Crippen LogP contribution in [0.4, 0.5) is 0 Å². The van der Waals surface area contributed by atoms with Crippen LogP contribution >= 0.6 is 11.3 Å². The molecule has 2 aromatic heterocycles. The number of H-pyrrole nitrogens is 1. The van der Waals surface area contributed by atoms with Crippen molar-refractivity contribution in [3.8, 4) is 0 Å². The molecule has 0 aliphatic carbocycles. The molecule has 0 amide bonds. The highest BCUT2D eigenvalue weighted by Gasteiger charge is 2.34. The number of aromatic nitrogens is 3. The van der Waals surface area contributed by atoms with Crippen molar-refractivity contribution in [2.75, 3.05) is 31.9 Å². The lowest BCUT2D eigenvalue weighted by Gasteiger charge is -2.39. The number of hydrogen-bond donors (Lipinski definition) is 1. The third-order valence-corrected chi connectivity index (χ3v) is 7.35. The van der Waals surface area contributed by atoms with Gasteiger partial charge in [-0.2, -0.15) is 4.31 Å². The third kappa shape index (κ3) is 3.69. The van der Waals surface area contributed by atoms with E-state index in [0.29, 0.717) is 19.5 Å². The van der Waals surface area contributed by atoms with E-state index in [1.807, 2.05) is 6.92 Å². The van der Waals surface area contributed by atoms with Crippen molar-refractivity contribution in [1.82, 2.24) is 24.2 Å². The zero-order valence-corrected chi connectivity index (χ0v) is 15.6. The average molecular weight is 370 g/mol. The lowest BCUT2D eigenvalue weighted by atomic mass is 10.2. The van der Waals surface area contributed by atoms with Gasteiger partial charge in [-0.15, -0.1) is 11.3 Å². The fourth-order valence-electron chi connectivity index (χ4n) is 3.06. The molecule has 0 aromatic carbocycles. The Labute approximate surface area is 146 Å². The van der Waals surface area contributed by atoms with Gasteiger partial charge in [0.25, 0.3) is 0 Å². The number of nitrogens with zero attached hydrogens (tertiary/aromatic N) is 4. The van der Waals surface area contributed by atoms with Gasteiger partial charge >= 0.3 is 0 Å². The normalized spacial score (nSPS) is 20.5. The SMILES string of the molecule is CCN1CCN(S(=O)(=O)CCc2scnc2C)C[C@H]1c1ncc[nH]1. The van der Waals surface area contributed by atoms with Crippen molar-refractivity contribution >= 4 is 21.4 Å². The Balaban J connectivity index is 1.70. The van der Waals surface area contributed by atoms with Gasteiger partial charge in [-0.3, -0.25) is 4.90 Å². The molecule has 3 heterocycles. The van der Waals surface area contributed by atoms with Crippen LogP contribution < -0.4 is 0 Å². The van der Waals surface area contributed by atoms with Gasteiger partial charge in [0.1, 0.15) is 5.82 Å². The Morgan fingerprint density at radius 3 is 2.83 bits per heavy atom. The molecule has 0 bridgehead atoms. The number of aryl methyl sites for hydroxylation is 2. The molecule has 1 aliphatic rings. The maximum atomic E-state index is 12.8. The van der Waals surface area contributed by atoms with Gasteiger partial charge in [-0.05, 0) is 19.9 Å². The lowest BCUT2D eigenvalue weighted by Crippen LogP contribution is -2.51. The van der Waals surface area contributed by atoms with E-state index in [-0.39, 0.29) is 11.8 Å². The van der Waals surface area contributed by atoms with Crippen molar-refractivity contribution in [2.45, 2.75) is 26.3 Å². The first-order chi connectivity index (χ1) is 11.5. The molecule has 1 fully saturated rings. The number of piperazine rings is 1. The fourth-order valence-corrected chi connectivity index (χ4v) is 5.42. The van der Waals surface area contributed by atoms with E-state index in [0.717, 1.165) is 29.5 Å². The van der Waals surface area contributed by atoms with Crippen molar-refractivity contribution in [1.29, 1.82) is 0 Å². The zero-order valence-electron chi connectivity index (χ0n) is 14.0. The molecular formula is C15H23N5O2S2. The van der Waals surface area contributed by atoms with Crippen LogP contribution in [0.25, 0.3) is 0 Å². The largest absolute Gasteiger partial charge is 0.347 e. The number of aromatic amines is 1. The van der Waals surface area contributed by atoms with E-state index >= 15 is 0 Å². The smallest absolute Gasteiger partial charge is 0.214 e. The van der Waals surface area contributed by atoms with Gasteiger partial charge in [0.05, 0.1) is 23.0 Å². The van der Waals surface area contributed by atoms with Crippen LogP contribution in [0.2, 0.25) is 0 Å². The third-order valence-electron chi connectivity index (χ3n) is 4.52. The van der Waals surface area contributed by atoms with E-state index in [1.165, 1.54) is 11.3 Å². The Morgan fingerprint density at radius 2 is 2.21 bits per heavy atom. The predicted molar refractivity (Wildman–Crippen MR) is 94.5 cm³/mol. The predicted octanol–water partition coefficient (Wildman–Crippen LogP) is 1.43. The molecule has 1 atom stereocenters. The molecule has 0 unspecified atom stereocenters. The van der Waals surface area contributed by atoms with E-state index < -0.39 is 10.0 Å². The summed E-state index contributed by atoms with van der Waals surface area (Å²) in [4.78, 5) is 15.0. The van der Waals surface area contributed by atoms with Gasteiger partial charge in [0, 0.05) is 36.9 Å². The molecule has 0 spiro atoms. The Kier molecular flexibility index (Phi) is 5.33. The average Bonchev–Trinajstić information content (AvgIpc) is 3.24. The Bertz CT molecular complexity index is 757. The maximum Gasteiger partial charge on any atom is 0.214 e. The molecule has 3 rings (SSSR count). The summed E-state index contributed by atoms with van der Waals surface area (Å²) in [5.74, 6) is 0.961. The monoisotopic (exact) mass is 369 g/mol. The Hall–Kier alpha value is -1.29. The minimum absolute atomic E-state index is 0.0151. The molecule has 2 aromatic rings. The summed E-state index contributed by atoms with van der Waals surface area (Å²) < 4.78 is 27.1. The number of hydrogen-bond acceptors (Lipinski definition) is 6. The van der Waals surface area contributed by atoms with Crippen LogP contribution in [0.15, 0.2) is 17.9 Å². The maximum absolute atomic E-state index is 12.8. The van der Waals surface area contributed by atoms with Crippen LogP contribution in [0.5, 0.6) is 0 Å². The molecule has 0 saturated carbocycles. The van der Waals surface area contributed by atoms with Gasteiger partial charge < -0.3 is 4.98 Å². The van der Waals surface area contributed by atoms with E-state index in [1.54, 1.807) is 22.2 Å². The van der Waals surface area contributed by atoms with Crippen LogP contribution in [-0.2, 0) is 16.4 Å². The summed E-state index contributed by atoms with van der Waals surface area (Å²) in [7, 11) is -3.29. The van der Waals surface area contributed by atoms with Gasteiger partial charge in [-0.25, -0.2) is 18.4 Å². The van der Waals surface area contributed by atoms with Crippen molar-refractivity contribution in [3.05, 3.63) is 34.3 Å². The number of nitrogens with one attached hydrogen (secondary N) is 1. The van der Waals surface area contributed by atoms with Gasteiger partial charge in [0.2, 0.25) is 10.0 Å². The molecule has 1 saturated heterocycles. The second-order valence-electron chi connectivity index (χ2n) is 5.90. The minimum atomic E-state index is -3.29. The number of imidazole rings is 1. The van der Waals surface area contributed by atoms with Crippen molar-refractivity contribution < 1.29 is 8.42 Å². The second-order valence-corrected chi connectivity index (χ2v) is 8.93. The number of likely N-dealkylation sites (N-methyl/N-ethyl adjacent to an activating group) is 1. The molecular weight excluding hydrogens is 346 g/mol. The first-order valence-corrected chi connectivity index (χ1v) is 10.6. The molecule has 1 N–H and O–H groups in total. The molecule has 132 valence electrons.